The number of benzene rings is 1. The predicted octanol–water partition coefficient (Wildman–Crippen LogP) is 3.57. The maximum Gasteiger partial charge on any atom is 0.317 e. The summed E-state index contributed by atoms with van der Waals surface area (Å²) in [6.07, 6.45) is 3.10. The third-order valence-electron chi connectivity index (χ3n) is 3.01. The molecule has 0 aromatic heterocycles. The second kappa shape index (κ2) is 8.35. The number of amides is 2. The lowest BCUT2D eigenvalue weighted by Crippen LogP contribution is -2.41. The fourth-order valence-electron chi connectivity index (χ4n) is 1.84. The van der Waals surface area contributed by atoms with Crippen LogP contribution in [0, 0.1) is 0 Å². The molecule has 1 aromatic rings. The Morgan fingerprint density at radius 3 is 2.53 bits per heavy atom. The van der Waals surface area contributed by atoms with Crippen LogP contribution in [0.15, 0.2) is 42.0 Å². The Labute approximate surface area is 116 Å². The summed E-state index contributed by atoms with van der Waals surface area (Å²) in [5.41, 5.74) is 2.50. The van der Waals surface area contributed by atoms with Gasteiger partial charge < -0.3 is 10.2 Å². The summed E-state index contributed by atoms with van der Waals surface area (Å²) in [6, 6.07) is 9.99. The molecule has 1 heterocycles. The topological polar surface area (TPSA) is 32.3 Å². The Kier molecular flexibility index (Phi) is 6.72. The lowest BCUT2D eigenvalue weighted by Gasteiger charge is -2.25. The van der Waals surface area contributed by atoms with Gasteiger partial charge in [-0.2, -0.15) is 0 Å². The fraction of sp³-hybridized carbons (Fsp3) is 0.438. The van der Waals surface area contributed by atoms with E-state index in [9.17, 15) is 4.79 Å². The van der Waals surface area contributed by atoms with Crippen molar-refractivity contribution in [1.82, 2.24) is 10.2 Å². The Bertz CT molecular complexity index is 412. The molecule has 2 rings (SSSR count). The van der Waals surface area contributed by atoms with Crippen LogP contribution in [0.3, 0.4) is 0 Å². The van der Waals surface area contributed by atoms with Crippen molar-refractivity contribution in [2.45, 2.75) is 33.7 Å². The maximum atomic E-state index is 11.9. The van der Waals surface area contributed by atoms with E-state index in [2.05, 4.69) is 18.3 Å². The molecule has 19 heavy (non-hydrogen) atoms. The van der Waals surface area contributed by atoms with E-state index in [0.717, 1.165) is 25.1 Å². The van der Waals surface area contributed by atoms with Gasteiger partial charge in [0.05, 0.1) is 0 Å². The highest BCUT2D eigenvalue weighted by Crippen LogP contribution is 2.09. The van der Waals surface area contributed by atoms with Gasteiger partial charge in [0.1, 0.15) is 0 Å². The van der Waals surface area contributed by atoms with Crippen LogP contribution in [-0.4, -0.2) is 24.0 Å². The number of rotatable bonds is 2. The van der Waals surface area contributed by atoms with Crippen LogP contribution in [0.5, 0.6) is 0 Å². The molecule has 0 saturated carbocycles. The summed E-state index contributed by atoms with van der Waals surface area (Å²) >= 11 is 0. The first-order chi connectivity index (χ1) is 9.25. The number of carbonyl (C=O) groups excluding carboxylic acids is 1. The lowest BCUT2D eigenvalue weighted by molar-refractivity contribution is 0.201. The summed E-state index contributed by atoms with van der Waals surface area (Å²) in [5.74, 6) is 0. The minimum Gasteiger partial charge on any atom is -0.334 e. The van der Waals surface area contributed by atoms with Crippen molar-refractivity contribution in [3.05, 3.63) is 47.5 Å². The van der Waals surface area contributed by atoms with Crippen LogP contribution in [-0.2, 0) is 6.54 Å². The van der Waals surface area contributed by atoms with E-state index < -0.39 is 0 Å². The van der Waals surface area contributed by atoms with Gasteiger partial charge in [0.15, 0.2) is 0 Å². The second-order valence-electron chi connectivity index (χ2n) is 4.39. The highest BCUT2D eigenvalue weighted by Gasteiger charge is 2.14. The standard InChI is InChI=1S/C14H18N2O.C2H6/c1-12-7-9-16(10-8-12)14(17)15-11-13-5-3-2-4-6-13;1-2/h2-7H,8-11H2,1H3,(H,15,17);1-2H3. The molecule has 2 amide bonds. The number of nitrogens with zero attached hydrogens (tertiary/aromatic N) is 1. The average molecular weight is 260 g/mol. The monoisotopic (exact) mass is 260 g/mol. The SMILES string of the molecule is CC.CC1=CCN(C(=O)NCc2ccccc2)CC1. The van der Waals surface area contributed by atoms with Crippen LogP contribution in [0.2, 0.25) is 0 Å². The van der Waals surface area contributed by atoms with Crippen molar-refractivity contribution in [2.24, 2.45) is 0 Å². The van der Waals surface area contributed by atoms with E-state index in [-0.39, 0.29) is 6.03 Å². The minimum atomic E-state index is 0.0256. The van der Waals surface area contributed by atoms with Gasteiger partial charge in [0, 0.05) is 19.6 Å². The molecular formula is C16H24N2O. The molecule has 0 radical (unpaired) electrons. The first-order valence-corrected chi connectivity index (χ1v) is 6.98. The van der Waals surface area contributed by atoms with Crippen LogP contribution in [0.1, 0.15) is 32.8 Å². The third-order valence-corrected chi connectivity index (χ3v) is 3.01. The number of hydrogen-bond acceptors (Lipinski definition) is 1. The van der Waals surface area contributed by atoms with E-state index in [1.807, 2.05) is 49.1 Å². The van der Waals surface area contributed by atoms with E-state index in [0.29, 0.717) is 6.54 Å². The van der Waals surface area contributed by atoms with Crippen LogP contribution in [0.25, 0.3) is 0 Å². The molecule has 0 unspecified atom stereocenters. The number of hydrogen-bond donors (Lipinski definition) is 1. The number of urea groups is 1. The van der Waals surface area contributed by atoms with E-state index >= 15 is 0 Å². The van der Waals surface area contributed by atoms with Crippen molar-refractivity contribution < 1.29 is 4.79 Å². The van der Waals surface area contributed by atoms with Gasteiger partial charge in [-0.15, -0.1) is 0 Å². The fourth-order valence-corrected chi connectivity index (χ4v) is 1.84. The molecule has 1 aromatic carbocycles. The molecule has 0 spiro atoms. The molecule has 1 aliphatic heterocycles. The Morgan fingerprint density at radius 2 is 1.95 bits per heavy atom. The van der Waals surface area contributed by atoms with Gasteiger partial charge >= 0.3 is 6.03 Å². The zero-order valence-electron chi connectivity index (χ0n) is 12.1. The predicted molar refractivity (Wildman–Crippen MR) is 80.0 cm³/mol. The molecule has 0 bridgehead atoms. The van der Waals surface area contributed by atoms with E-state index in [1.54, 1.807) is 0 Å². The summed E-state index contributed by atoms with van der Waals surface area (Å²) in [4.78, 5) is 13.7. The molecule has 1 N–H and O–H groups in total. The quantitative estimate of drug-likeness (QED) is 0.810. The zero-order chi connectivity index (χ0) is 14.1. The first-order valence-electron chi connectivity index (χ1n) is 6.98. The maximum absolute atomic E-state index is 11.9. The van der Waals surface area contributed by atoms with Crippen molar-refractivity contribution in [3.63, 3.8) is 0 Å². The molecule has 3 nitrogen and oxygen atoms in total. The zero-order valence-corrected chi connectivity index (χ0v) is 12.1. The normalized spacial score (nSPS) is 14.1. The van der Waals surface area contributed by atoms with E-state index in [4.69, 9.17) is 0 Å². The lowest BCUT2D eigenvalue weighted by atomic mass is 10.1. The second-order valence-corrected chi connectivity index (χ2v) is 4.39. The Morgan fingerprint density at radius 1 is 1.26 bits per heavy atom. The molecule has 0 atom stereocenters. The Balaban J connectivity index is 0.000000861. The van der Waals surface area contributed by atoms with Crippen LogP contribution >= 0.6 is 0 Å². The number of nitrogens with one attached hydrogen (secondary N) is 1. The molecule has 0 saturated heterocycles. The van der Waals surface area contributed by atoms with E-state index in [1.165, 1.54) is 5.57 Å². The van der Waals surface area contributed by atoms with Gasteiger partial charge in [-0.1, -0.05) is 55.8 Å². The van der Waals surface area contributed by atoms with Gasteiger partial charge in [0.25, 0.3) is 0 Å². The largest absolute Gasteiger partial charge is 0.334 e. The number of carbonyl (C=O) groups is 1. The van der Waals surface area contributed by atoms with Crippen molar-refractivity contribution in [2.75, 3.05) is 13.1 Å². The minimum absolute atomic E-state index is 0.0256. The Hall–Kier alpha value is -1.77. The molecular weight excluding hydrogens is 236 g/mol. The molecule has 3 heteroatoms. The third kappa shape index (κ3) is 5.16. The first kappa shape index (κ1) is 15.3. The van der Waals surface area contributed by atoms with Crippen molar-refractivity contribution in [3.8, 4) is 0 Å². The van der Waals surface area contributed by atoms with Crippen molar-refractivity contribution >= 4 is 6.03 Å². The van der Waals surface area contributed by atoms with Gasteiger partial charge in [-0.05, 0) is 18.9 Å². The van der Waals surface area contributed by atoms with Gasteiger partial charge in [-0.25, -0.2) is 4.79 Å². The smallest absolute Gasteiger partial charge is 0.317 e. The average Bonchev–Trinajstić information content (AvgIpc) is 2.49. The van der Waals surface area contributed by atoms with Crippen LogP contribution in [0.4, 0.5) is 4.79 Å². The summed E-state index contributed by atoms with van der Waals surface area (Å²) in [7, 11) is 0. The molecule has 1 aliphatic rings. The van der Waals surface area contributed by atoms with Gasteiger partial charge in [0.2, 0.25) is 0 Å². The summed E-state index contributed by atoms with van der Waals surface area (Å²) in [6.45, 7) is 8.26. The van der Waals surface area contributed by atoms with Crippen LogP contribution < -0.4 is 5.32 Å². The molecule has 0 fully saturated rings. The van der Waals surface area contributed by atoms with Crippen molar-refractivity contribution in [1.29, 1.82) is 0 Å². The molecule has 0 aliphatic carbocycles. The summed E-state index contributed by atoms with van der Waals surface area (Å²) < 4.78 is 0. The molecule has 104 valence electrons. The summed E-state index contributed by atoms with van der Waals surface area (Å²) in [5, 5.41) is 2.94. The highest BCUT2D eigenvalue weighted by molar-refractivity contribution is 5.74. The van der Waals surface area contributed by atoms with Gasteiger partial charge in [-0.3, -0.25) is 0 Å². The highest BCUT2D eigenvalue weighted by atomic mass is 16.2.